The zero-order chi connectivity index (χ0) is 13.1. The predicted octanol–water partition coefficient (Wildman–Crippen LogP) is 2.32. The van der Waals surface area contributed by atoms with Gasteiger partial charge in [0.2, 0.25) is 5.91 Å². The maximum absolute atomic E-state index is 12.2. The lowest BCUT2D eigenvalue weighted by atomic mass is 10.0. The molecule has 1 aromatic heterocycles. The number of likely N-dealkylation sites (tertiary alicyclic amines) is 1. The second-order valence-electron chi connectivity index (χ2n) is 5.46. The van der Waals surface area contributed by atoms with E-state index in [1.165, 1.54) is 0 Å². The van der Waals surface area contributed by atoms with Crippen molar-refractivity contribution in [2.75, 3.05) is 6.54 Å². The summed E-state index contributed by atoms with van der Waals surface area (Å²) in [7, 11) is 0. The van der Waals surface area contributed by atoms with Crippen molar-refractivity contribution >= 4 is 5.91 Å². The summed E-state index contributed by atoms with van der Waals surface area (Å²) in [5.41, 5.74) is 6.24. The summed E-state index contributed by atoms with van der Waals surface area (Å²) in [5, 5.41) is 0. The molecule has 0 aliphatic carbocycles. The van der Waals surface area contributed by atoms with E-state index in [2.05, 4.69) is 13.8 Å². The highest BCUT2D eigenvalue weighted by molar-refractivity contribution is 5.77. The van der Waals surface area contributed by atoms with Gasteiger partial charge >= 0.3 is 0 Å². The minimum atomic E-state index is -0.114. The molecule has 4 nitrogen and oxygen atoms in total. The van der Waals surface area contributed by atoms with Crippen molar-refractivity contribution in [1.82, 2.24) is 4.90 Å². The van der Waals surface area contributed by atoms with Crippen LogP contribution in [0, 0.1) is 5.92 Å². The van der Waals surface area contributed by atoms with E-state index in [1.807, 2.05) is 17.0 Å². The van der Waals surface area contributed by atoms with Crippen LogP contribution in [0.3, 0.4) is 0 Å². The molecule has 0 saturated carbocycles. The molecule has 2 unspecified atom stereocenters. The summed E-state index contributed by atoms with van der Waals surface area (Å²) in [6.45, 7) is 4.96. The van der Waals surface area contributed by atoms with Gasteiger partial charge in [-0.15, -0.1) is 0 Å². The Bertz CT molecular complexity index is 387. The topological polar surface area (TPSA) is 59.5 Å². The molecule has 2 atom stereocenters. The molecule has 1 saturated heterocycles. The smallest absolute Gasteiger partial charge is 0.223 e. The first-order valence-electron chi connectivity index (χ1n) is 6.68. The van der Waals surface area contributed by atoms with Gasteiger partial charge in [0.05, 0.1) is 6.26 Å². The average molecular weight is 250 g/mol. The number of hydrogen-bond donors (Lipinski definition) is 1. The average Bonchev–Trinajstić information content (AvgIpc) is 2.77. The third-order valence-corrected chi connectivity index (χ3v) is 3.39. The third-order valence-electron chi connectivity index (χ3n) is 3.39. The molecule has 1 fully saturated rings. The van der Waals surface area contributed by atoms with Gasteiger partial charge in [-0.05, 0) is 30.9 Å². The fourth-order valence-corrected chi connectivity index (χ4v) is 2.61. The fraction of sp³-hybridized carbons (Fsp3) is 0.643. The molecule has 1 aromatic rings. The second kappa shape index (κ2) is 5.57. The van der Waals surface area contributed by atoms with E-state index in [0.717, 1.165) is 25.1 Å². The molecule has 0 aromatic carbocycles. The van der Waals surface area contributed by atoms with Gasteiger partial charge in [0.1, 0.15) is 11.8 Å². The van der Waals surface area contributed by atoms with Crippen molar-refractivity contribution < 1.29 is 9.21 Å². The normalized spacial score (nSPS) is 25.6. The van der Waals surface area contributed by atoms with Crippen LogP contribution in [0.2, 0.25) is 0 Å². The van der Waals surface area contributed by atoms with E-state index in [-0.39, 0.29) is 18.0 Å². The highest BCUT2D eigenvalue weighted by atomic mass is 16.3. The lowest BCUT2D eigenvalue weighted by molar-refractivity contribution is -0.134. The molecule has 0 radical (unpaired) electrons. The number of amides is 1. The van der Waals surface area contributed by atoms with E-state index in [0.29, 0.717) is 12.3 Å². The number of carbonyl (C=O) groups excluding carboxylic acids is 1. The van der Waals surface area contributed by atoms with Gasteiger partial charge in [-0.2, -0.15) is 0 Å². The maximum Gasteiger partial charge on any atom is 0.223 e. The van der Waals surface area contributed by atoms with Crippen molar-refractivity contribution in [1.29, 1.82) is 0 Å². The Kier molecular flexibility index (Phi) is 4.07. The minimum Gasteiger partial charge on any atom is -0.467 e. The molecule has 0 spiro atoms. The Labute approximate surface area is 108 Å². The van der Waals surface area contributed by atoms with Crippen LogP contribution in [0.15, 0.2) is 22.8 Å². The van der Waals surface area contributed by atoms with Crippen molar-refractivity contribution in [2.45, 2.75) is 45.2 Å². The van der Waals surface area contributed by atoms with Crippen LogP contribution in [0.1, 0.15) is 44.9 Å². The van der Waals surface area contributed by atoms with Crippen LogP contribution >= 0.6 is 0 Å². The van der Waals surface area contributed by atoms with Crippen LogP contribution in [0.25, 0.3) is 0 Å². The molecule has 1 aliphatic heterocycles. The number of furan rings is 1. The number of carbonyl (C=O) groups is 1. The SMILES string of the molecule is CC(C)CN1C(=O)CCCC(N)C1c1ccco1. The van der Waals surface area contributed by atoms with Crippen molar-refractivity contribution in [3.63, 3.8) is 0 Å². The summed E-state index contributed by atoms with van der Waals surface area (Å²) >= 11 is 0. The molecule has 4 heteroatoms. The van der Waals surface area contributed by atoms with Crippen LogP contribution in [-0.4, -0.2) is 23.4 Å². The summed E-state index contributed by atoms with van der Waals surface area (Å²) in [5.74, 6) is 1.42. The summed E-state index contributed by atoms with van der Waals surface area (Å²) in [6, 6.07) is 3.61. The molecule has 0 bridgehead atoms. The molecule has 1 aliphatic rings. The third kappa shape index (κ3) is 2.75. The first-order valence-corrected chi connectivity index (χ1v) is 6.68. The molecule has 2 rings (SSSR count). The van der Waals surface area contributed by atoms with Crippen LogP contribution in [0.5, 0.6) is 0 Å². The molecule has 100 valence electrons. The zero-order valence-corrected chi connectivity index (χ0v) is 11.1. The summed E-state index contributed by atoms with van der Waals surface area (Å²) in [4.78, 5) is 14.1. The van der Waals surface area contributed by atoms with Gasteiger partial charge in [-0.25, -0.2) is 0 Å². The zero-order valence-electron chi connectivity index (χ0n) is 11.1. The Morgan fingerprint density at radius 1 is 1.56 bits per heavy atom. The van der Waals surface area contributed by atoms with Crippen LogP contribution in [-0.2, 0) is 4.79 Å². The Morgan fingerprint density at radius 3 is 2.94 bits per heavy atom. The van der Waals surface area contributed by atoms with Gasteiger partial charge < -0.3 is 15.1 Å². The monoisotopic (exact) mass is 250 g/mol. The highest BCUT2D eigenvalue weighted by Gasteiger charge is 2.34. The summed E-state index contributed by atoms with van der Waals surface area (Å²) in [6.07, 6.45) is 3.97. The molecular formula is C14H22N2O2. The number of nitrogens with zero attached hydrogens (tertiary/aromatic N) is 1. The second-order valence-corrected chi connectivity index (χ2v) is 5.46. The Hall–Kier alpha value is -1.29. The molecule has 2 heterocycles. The fourth-order valence-electron chi connectivity index (χ4n) is 2.61. The quantitative estimate of drug-likeness (QED) is 0.895. The van der Waals surface area contributed by atoms with Crippen molar-refractivity contribution in [2.24, 2.45) is 11.7 Å². The molecule has 18 heavy (non-hydrogen) atoms. The van der Waals surface area contributed by atoms with E-state index < -0.39 is 0 Å². The predicted molar refractivity (Wildman–Crippen MR) is 69.8 cm³/mol. The van der Waals surface area contributed by atoms with E-state index in [4.69, 9.17) is 10.2 Å². The van der Waals surface area contributed by atoms with Gasteiger partial charge in [-0.3, -0.25) is 4.79 Å². The Morgan fingerprint density at radius 2 is 2.33 bits per heavy atom. The largest absolute Gasteiger partial charge is 0.467 e. The van der Waals surface area contributed by atoms with Crippen molar-refractivity contribution in [3.8, 4) is 0 Å². The number of rotatable bonds is 3. The number of hydrogen-bond acceptors (Lipinski definition) is 3. The van der Waals surface area contributed by atoms with Gasteiger partial charge in [0, 0.05) is 19.0 Å². The lowest BCUT2D eigenvalue weighted by Crippen LogP contribution is -2.43. The number of nitrogens with two attached hydrogens (primary N) is 1. The van der Waals surface area contributed by atoms with Crippen LogP contribution < -0.4 is 5.73 Å². The Balaban J connectivity index is 2.30. The molecule has 2 N–H and O–H groups in total. The lowest BCUT2D eigenvalue weighted by Gasteiger charge is -2.33. The summed E-state index contributed by atoms with van der Waals surface area (Å²) < 4.78 is 5.49. The minimum absolute atomic E-state index is 0.0404. The van der Waals surface area contributed by atoms with Gasteiger partial charge in [-0.1, -0.05) is 13.8 Å². The maximum atomic E-state index is 12.2. The van der Waals surface area contributed by atoms with Crippen LogP contribution in [0.4, 0.5) is 0 Å². The standard InChI is InChI=1S/C14H22N2O2/c1-10(2)9-16-13(17)7-3-5-11(15)14(16)12-6-4-8-18-12/h4,6,8,10-11,14H,3,5,7,9,15H2,1-2H3. The first kappa shape index (κ1) is 13.1. The van der Waals surface area contributed by atoms with Crippen molar-refractivity contribution in [3.05, 3.63) is 24.2 Å². The van der Waals surface area contributed by atoms with E-state index >= 15 is 0 Å². The van der Waals surface area contributed by atoms with E-state index in [9.17, 15) is 4.79 Å². The first-order chi connectivity index (χ1) is 8.59. The molecular weight excluding hydrogens is 228 g/mol. The van der Waals surface area contributed by atoms with Gasteiger partial charge in [0.15, 0.2) is 0 Å². The van der Waals surface area contributed by atoms with Gasteiger partial charge in [0.25, 0.3) is 0 Å². The highest BCUT2D eigenvalue weighted by Crippen LogP contribution is 2.30. The van der Waals surface area contributed by atoms with E-state index in [1.54, 1.807) is 6.26 Å². The molecule has 1 amide bonds.